The van der Waals surface area contributed by atoms with Crippen LogP contribution in [0.1, 0.15) is 28.4 Å². The van der Waals surface area contributed by atoms with Gasteiger partial charge < -0.3 is 18.9 Å². The minimum Gasteiger partial charge on any atom is -0.493 e. The fraction of sp³-hybridized carbons (Fsp3) is 0.286. The third-order valence-corrected chi connectivity index (χ3v) is 4.05. The van der Waals surface area contributed by atoms with Gasteiger partial charge in [0.05, 0.1) is 34.0 Å². The van der Waals surface area contributed by atoms with Gasteiger partial charge in [0, 0.05) is 0 Å². The van der Waals surface area contributed by atoms with E-state index < -0.39 is 0 Å². The van der Waals surface area contributed by atoms with Crippen molar-refractivity contribution in [2.75, 3.05) is 28.4 Å². The summed E-state index contributed by atoms with van der Waals surface area (Å²) in [5.74, 6) is 1.07. The zero-order chi connectivity index (χ0) is 19.1. The third kappa shape index (κ3) is 3.99. The van der Waals surface area contributed by atoms with Gasteiger partial charge in [0.2, 0.25) is 11.5 Å². The molecule has 0 atom stereocenters. The topological polar surface area (TPSA) is 54.0 Å². The molecule has 0 aliphatic heterocycles. The smallest absolute Gasteiger partial charge is 0.231 e. The van der Waals surface area contributed by atoms with Crippen LogP contribution in [0.15, 0.2) is 42.2 Å². The van der Waals surface area contributed by atoms with E-state index in [4.69, 9.17) is 18.9 Å². The molecule has 2 rings (SSSR count). The van der Waals surface area contributed by atoms with Crippen LogP contribution in [-0.4, -0.2) is 34.2 Å². The molecule has 0 aliphatic rings. The summed E-state index contributed by atoms with van der Waals surface area (Å²) in [7, 11) is 5.98. The molecule has 0 unspecified atom stereocenters. The minimum atomic E-state index is -0.299. The van der Waals surface area contributed by atoms with Gasteiger partial charge in [-0.25, -0.2) is 0 Å². The Morgan fingerprint density at radius 3 is 2.27 bits per heavy atom. The molecule has 5 heteroatoms. The molecule has 0 N–H and O–H groups in total. The maximum absolute atomic E-state index is 13.0. The number of hydrogen-bond acceptors (Lipinski definition) is 5. The van der Waals surface area contributed by atoms with Crippen molar-refractivity contribution in [3.63, 3.8) is 0 Å². The van der Waals surface area contributed by atoms with Crippen molar-refractivity contribution >= 4 is 11.9 Å². The Hall–Kier alpha value is -2.95. The number of rotatable bonds is 8. The Balaban J connectivity index is 2.49. The first-order valence-corrected chi connectivity index (χ1v) is 8.27. The van der Waals surface area contributed by atoms with Crippen LogP contribution in [0, 0.1) is 0 Å². The Kier molecular flexibility index (Phi) is 6.67. The standard InChI is InChI=1S/C21H24O5/c1-6-14-8-7-9-15(12-14)13-18(24-3)19(22)16-10-11-17(23-2)21(26-5)20(16)25-4/h7-13H,6H2,1-5H3. The summed E-state index contributed by atoms with van der Waals surface area (Å²) in [6.45, 7) is 2.08. The molecule has 0 heterocycles. The van der Waals surface area contributed by atoms with Gasteiger partial charge in [0.1, 0.15) is 0 Å². The molecule has 2 aromatic carbocycles. The molecule has 0 aromatic heterocycles. The molecular weight excluding hydrogens is 332 g/mol. The van der Waals surface area contributed by atoms with Crippen molar-refractivity contribution in [3.05, 3.63) is 58.8 Å². The Morgan fingerprint density at radius 2 is 1.69 bits per heavy atom. The molecule has 0 radical (unpaired) electrons. The van der Waals surface area contributed by atoms with E-state index in [9.17, 15) is 4.79 Å². The first-order valence-electron chi connectivity index (χ1n) is 8.27. The number of carbonyl (C=O) groups excluding carboxylic acids is 1. The van der Waals surface area contributed by atoms with Crippen molar-refractivity contribution in [2.24, 2.45) is 0 Å². The van der Waals surface area contributed by atoms with Crippen LogP contribution in [0.3, 0.4) is 0 Å². The molecule has 0 spiro atoms. The molecule has 26 heavy (non-hydrogen) atoms. The van der Waals surface area contributed by atoms with Crippen molar-refractivity contribution < 1.29 is 23.7 Å². The molecule has 0 aliphatic carbocycles. The lowest BCUT2D eigenvalue weighted by atomic mass is 10.0. The summed E-state index contributed by atoms with van der Waals surface area (Å²) < 4.78 is 21.4. The van der Waals surface area contributed by atoms with E-state index >= 15 is 0 Å². The number of aryl methyl sites for hydroxylation is 1. The van der Waals surface area contributed by atoms with E-state index in [0.717, 1.165) is 12.0 Å². The summed E-state index contributed by atoms with van der Waals surface area (Å²) in [6.07, 6.45) is 2.64. The number of Topliss-reactive ketones (excluding diaryl/α,β-unsaturated/α-hetero) is 1. The van der Waals surface area contributed by atoms with Crippen LogP contribution in [0.4, 0.5) is 0 Å². The van der Waals surface area contributed by atoms with E-state index in [1.807, 2.05) is 24.3 Å². The zero-order valence-electron chi connectivity index (χ0n) is 15.8. The molecule has 2 aromatic rings. The SMILES string of the molecule is CCc1cccc(C=C(OC)C(=O)c2ccc(OC)c(OC)c2OC)c1. The fourth-order valence-electron chi connectivity index (χ4n) is 2.68. The maximum Gasteiger partial charge on any atom is 0.231 e. The van der Waals surface area contributed by atoms with Gasteiger partial charge in [-0.2, -0.15) is 0 Å². The number of carbonyl (C=O) groups is 1. The van der Waals surface area contributed by atoms with Crippen molar-refractivity contribution in [1.82, 2.24) is 0 Å². The van der Waals surface area contributed by atoms with E-state index in [2.05, 4.69) is 6.92 Å². The molecule has 0 saturated heterocycles. The molecule has 5 nitrogen and oxygen atoms in total. The van der Waals surface area contributed by atoms with Crippen LogP contribution < -0.4 is 14.2 Å². The van der Waals surface area contributed by atoms with E-state index in [0.29, 0.717) is 22.8 Å². The van der Waals surface area contributed by atoms with E-state index in [1.54, 1.807) is 18.2 Å². The number of methoxy groups -OCH3 is 4. The summed E-state index contributed by atoms with van der Waals surface area (Å²) in [6, 6.07) is 11.3. The van der Waals surface area contributed by atoms with Crippen molar-refractivity contribution in [2.45, 2.75) is 13.3 Å². The summed E-state index contributed by atoms with van der Waals surface area (Å²) in [5.41, 5.74) is 2.42. The maximum atomic E-state index is 13.0. The Bertz CT molecular complexity index is 808. The summed E-state index contributed by atoms with van der Waals surface area (Å²) in [5, 5.41) is 0. The monoisotopic (exact) mass is 356 g/mol. The minimum absolute atomic E-state index is 0.212. The van der Waals surface area contributed by atoms with Gasteiger partial charge in [-0.1, -0.05) is 31.2 Å². The average molecular weight is 356 g/mol. The molecule has 0 bridgehead atoms. The largest absolute Gasteiger partial charge is 0.493 e. The predicted octanol–water partition coefficient (Wildman–Crippen LogP) is 4.15. The first-order chi connectivity index (χ1) is 12.6. The highest BCUT2D eigenvalue weighted by molar-refractivity contribution is 6.12. The van der Waals surface area contributed by atoms with Crippen LogP contribution >= 0.6 is 0 Å². The van der Waals surface area contributed by atoms with Gasteiger partial charge >= 0.3 is 0 Å². The highest BCUT2D eigenvalue weighted by Gasteiger charge is 2.23. The predicted molar refractivity (Wildman–Crippen MR) is 101 cm³/mol. The van der Waals surface area contributed by atoms with Crippen molar-refractivity contribution in [3.8, 4) is 17.2 Å². The number of allylic oxidation sites excluding steroid dienone is 1. The molecule has 138 valence electrons. The lowest BCUT2D eigenvalue weighted by molar-refractivity contribution is 0.0953. The van der Waals surface area contributed by atoms with Gasteiger partial charge in [0.25, 0.3) is 0 Å². The number of ether oxygens (including phenoxy) is 4. The lowest BCUT2D eigenvalue weighted by Gasteiger charge is -2.15. The fourth-order valence-corrected chi connectivity index (χ4v) is 2.68. The number of benzene rings is 2. The van der Waals surface area contributed by atoms with Gasteiger partial charge in [0.15, 0.2) is 17.3 Å². The van der Waals surface area contributed by atoms with Gasteiger partial charge in [-0.05, 0) is 35.8 Å². The average Bonchev–Trinajstić information content (AvgIpc) is 2.70. The summed E-state index contributed by atoms with van der Waals surface area (Å²) >= 11 is 0. The summed E-state index contributed by atoms with van der Waals surface area (Å²) in [4.78, 5) is 13.0. The van der Waals surface area contributed by atoms with E-state index in [-0.39, 0.29) is 11.5 Å². The number of ketones is 1. The van der Waals surface area contributed by atoms with Crippen LogP contribution in [0.2, 0.25) is 0 Å². The second kappa shape index (κ2) is 8.94. The van der Waals surface area contributed by atoms with Crippen LogP contribution in [0.25, 0.3) is 6.08 Å². The highest BCUT2D eigenvalue weighted by atomic mass is 16.5. The lowest BCUT2D eigenvalue weighted by Crippen LogP contribution is -2.09. The second-order valence-electron chi connectivity index (χ2n) is 5.52. The number of hydrogen-bond donors (Lipinski definition) is 0. The molecule has 0 fully saturated rings. The Morgan fingerprint density at radius 1 is 0.962 bits per heavy atom. The van der Waals surface area contributed by atoms with Crippen LogP contribution in [-0.2, 0) is 11.2 Å². The zero-order valence-corrected chi connectivity index (χ0v) is 15.8. The van der Waals surface area contributed by atoms with E-state index in [1.165, 1.54) is 34.0 Å². The molecular formula is C21H24O5. The normalized spacial score (nSPS) is 11.0. The van der Waals surface area contributed by atoms with Crippen molar-refractivity contribution in [1.29, 1.82) is 0 Å². The second-order valence-corrected chi connectivity index (χ2v) is 5.52. The highest BCUT2D eigenvalue weighted by Crippen LogP contribution is 2.40. The Labute approximate surface area is 154 Å². The first kappa shape index (κ1) is 19.4. The molecule has 0 saturated carbocycles. The van der Waals surface area contributed by atoms with Gasteiger partial charge in [-0.3, -0.25) is 4.79 Å². The quantitative estimate of drug-likeness (QED) is 0.404. The third-order valence-electron chi connectivity index (χ3n) is 4.05. The van der Waals surface area contributed by atoms with Crippen LogP contribution in [0.5, 0.6) is 17.2 Å². The molecule has 0 amide bonds. The van der Waals surface area contributed by atoms with Gasteiger partial charge in [-0.15, -0.1) is 0 Å².